The van der Waals surface area contributed by atoms with Crippen LogP contribution in [0.5, 0.6) is 0 Å². The highest BCUT2D eigenvalue weighted by molar-refractivity contribution is 5.92. The molecule has 0 atom stereocenters. The van der Waals surface area contributed by atoms with Crippen LogP contribution in [0.15, 0.2) is 17.5 Å². The van der Waals surface area contributed by atoms with Crippen LogP contribution in [-0.4, -0.2) is 15.9 Å². The highest BCUT2D eigenvalue weighted by Gasteiger charge is 2.03. The van der Waals surface area contributed by atoms with Crippen molar-refractivity contribution in [1.82, 2.24) is 9.97 Å². The Morgan fingerprint density at radius 3 is 2.83 bits per heavy atom. The number of hydrogen-bond acceptors (Lipinski definition) is 3. The Hall–Kier alpha value is -1.94. The molecule has 12 heavy (non-hydrogen) atoms. The zero-order valence-corrected chi connectivity index (χ0v) is 6.30. The van der Waals surface area contributed by atoms with Crippen molar-refractivity contribution >= 4 is 5.91 Å². The van der Waals surface area contributed by atoms with Gasteiger partial charge in [0.25, 0.3) is 5.91 Å². The molecule has 0 saturated carbocycles. The van der Waals surface area contributed by atoms with Crippen molar-refractivity contribution in [3.63, 3.8) is 0 Å². The van der Waals surface area contributed by atoms with Gasteiger partial charge in [-0.2, -0.15) is 0 Å². The summed E-state index contributed by atoms with van der Waals surface area (Å²) in [4.78, 5) is 20.7. The summed E-state index contributed by atoms with van der Waals surface area (Å²) in [5.41, 5.74) is 8.70. The van der Waals surface area contributed by atoms with E-state index < -0.39 is 5.91 Å². The maximum Gasteiger partial charge on any atom is 0.269 e. The van der Waals surface area contributed by atoms with Gasteiger partial charge in [0, 0.05) is 11.1 Å². The van der Waals surface area contributed by atoms with Crippen LogP contribution >= 0.6 is 0 Å². The van der Waals surface area contributed by atoms with Gasteiger partial charge in [0.2, 0.25) is 0 Å². The van der Waals surface area contributed by atoms with Crippen molar-refractivity contribution in [1.29, 1.82) is 0 Å². The van der Waals surface area contributed by atoms with Crippen LogP contribution in [0.3, 0.4) is 0 Å². The molecule has 1 aromatic heterocycles. The third kappa shape index (κ3) is 1.77. The van der Waals surface area contributed by atoms with E-state index in [1.54, 1.807) is 6.92 Å². The molecule has 1 aromatic rings. The summed E-state index contributed by atoms with van der Waals surface area (Å²) >= 11 is 0. The third-order valence-corrected chi connectivity index (χ3v) is 1.14. The number of rotatable bonds is 1. The molecule has 6 nitrogen and oxygen atoms in total. The highest BCUT2D eigenvalue weighted by Crippen LogP contribution is 1.96. The van der Waals surface area contributed by atoms with Crippen molar-refractivity contribution in [2.75, 3.05) is 0 Å². The fourth-order valence-corrected chi connectivity index (χ4v) is 0.595. The quantitative estimate of drug-likeness (QED) is 0.354. The lowest BCUT2D eigenvalue weighted by Gasteiger charge is -1.92. The molecular formula is C6H5N5O. The maximum atomic E-state index is 10.8. The molecule has 0 saturated heterocycles. The molecule has 0 N–H and O–H groups in total. The molecule has 0 unspecified atom stereocenters. The minimum atomic E-state index is -0.718. The van der Waals surface area contributed by atoms with Crippen molar-refractivity contribution in [2.24, 2.45) is 5.11 Å². The van der Waals surface area contributed by atoms with Crippen LogP contribution in [-0.2, 0) is 0 Å². The monoisotopic (exact) mass is 163 g/mol. The van der Waals surface area contributed by atoms with Crippen molar-refractivity contribution in [2.45, 2.75) is 6.92 Å². The van der Waals surface area contributed by atoms with Crippen molar-refractivity contribution in [3.8, 4) is 0 Å². The molecule has 0 aliphatic rings. The first-order valence-electron chi connectivity index (χ1n) is 3.12. The summed E-state index contributed by atoms with van der Waals surface area (Å²) in [5.74, 6) is -0.718. The minimum absolute atomic E-state index is 0.0541. The van der Waals surface area contributed by atoms with Gasteiger partial charge in [0.15, 0.2) is 0 Å². The fraction of sp³-hybridized carbons (Fsp3) is 0.167. The van der Waals surface area contributed by atoms with Gasteiger partial charge in [0.1, 0.15) is 5.69 Å². The smallest absolute Gasteiger partial charge is 0.269 e. The standard InChI is InChI=1S/C6H5N5O/c1-4-2-9-5(3-8-4)6(12)10-11-7/h2-3H,1H3. The number of hydrogen-bond donors (Lipinski definition) is 0. The fourth-order valence-electron chi connectivity index (χ4n) is 0.595. The third-order valence-electron chi connectivity index (χ3n) is 1.14. The summed E-state index contributed by atoms with van der Waals surface area (Å²) in [7, 11) is 0. The van der Waals surface area contributed by atoms with Gasteiger partial charge in [-0.05, 0) is 17.6 Å². The summed E-state index contributed by atoms with van der Waals surface area (Å²) in [6.45, 7) is 1.74. The van der Waals surface area contributed by atoms with E-state index in [2.05, 4.69) is 20.0 Å². The Bertz CT molecular complexity index is 337. The average Bonchev–Trinajstić information content (AvgIpc) is 2.06. The Balaban J connectivity index is 2.97. The number of azide groups is 1. The zero-order chi connectivity index (χ0) is 8.97. The SMILES string of the molecule is Cc1cnc(C(=O)N=[N+]=[N-])cn1. The molecule has 0 spiro atoms. The van der Waals surface area contributed by atoms with Crippen LogP contribution in [0.1, 0.15) is 16.2 Å². The first-order valence-corrected chi connectivity index (χ1v) is 3.12. The number of carbonyl (C=O) groups is 1. The van der Waals surface area contributed by atoms with Gasteiger partial charge in [-0.1, -0.05) is 0 Å². The molecule has 0 bridgehead atoms. The van der Waals surface area contributed by atoms with E-state index in [0.29, 0.717) is 5.69 Å². The first kappa shape index (κ1) is 8.16. The van der Waals surface area contributed by atoms with Crippen LogP contribution in [0.25, 0.3) is 10.4 Å². The zero-order valence-electron chi connectivity index (χ0n) is 6.30. The number of aromatic nitrogens is 2. The molecule has 1 rings (SSSR count). The first-order chi connectivity index (χ1) is 5.74. The lowest BCUT2D eigenvalue weighted by molar-refractivity contribution is 0.0995. The van der Waals surface area contributed by atoms with E-state index in [9.17, 15) is 4.79 Å². The number of carbonyl (C=O) groups excluding carboxylic acids is 1. The average molecular weight is 163 g/mol. The molecule has 0 aliphatic heterocycles. The Labute approximate surface area is 67.9 Å². The molecule has 1 amide bonds. The normalized spacial score (nSPS) is 8.75. The summed E-state index contributed by atoms with van der Waals surface area (Å²) in [6.07, 6.45) is 2.70. The second-order valence-corrected chi connectivity index (χ2v) is 2.04. The molecule has 6 heteroatoms. The number of amides is 1. The topological polar surface area (TPSA) is 91.6 Å². The van der Waals surface area contributed by atoms with Crippen LogP contribution in [0.2, 0.25) is 0 Å². The second kappa shape index (κ2) is 3.45. The van der Waals surface area contributed by atoms with E-state index in [1.165, 1.54) is 12.4 Å². The molecule has 0 radical (unpaired) electrons. The lowest BCUT2D eigenvalue weighted by Crippen LogP contribution is -1.98. The van der Waals surface area contributed by atoms with Crippen molar-refractivity contribution < 1.29 is 4.79 Å². The van der Waals surface area contributed by atoms with Crippen LogP contribution in [0, 0.1) is 6.92 Å². The van der Waals surface area contributed by atoms with E-state index in [0.717, 1.165) is 0 Å². The number of aryl methyl sites for hydroxylation is 1. The number of nitrogens with zero attached hydrogens (tertiary/aromatic N) is 5. The summed E-state index contributed by atoms with van der Waals surface area (Å²) in [5, 5.41) is 2.86. The van der Waals surface area contributed by atoms with Crippen LogP contribution < -0.4 is 0 Å². The largest absolute Gasteiger partial charge is 0.285 e. The van der Waals surface area contributed by atoms with E-state index in [1.807, 2.05) is 0 Å². The van der Waals surface area contributed by atoms with Gasteiger partial charge < -0.3 is 0 Å². The van der Waals surface area contributed by atoms with Gasteiger partial charge in [0.05, 0.1) is 11.9 Å². The molecule has 60 valence electrons. The summed E-state index contributed by atoms with van der Waals surface area (Å²) < 4.78 is 0. The maximum absolute atomic E-state index is 10.8. The molecule has 0 fully saturated rings. The Kier molecular flexibility index (Phi) is 2.35. The predicted molar refractivity (Wildman–Crippen MR) is 40.2 cm³/mol. The van der Waals surface area contributed by atoms with E-state index >= 15 is 0 Å². The Morgan fingerprint density at radius 2 is 2.33 bits per heavy atom. The molecule has 0 aromatic carbocycles. The lowest BCUT2D eigenvalue weighted by atomic mass is 10.4. The molecular weight excluding hydrogens is 158 g/mol. The second-order valence-electron chi connectivity index (χ2n) is 2.04. The van der Waals surface area contributed by atoms with Crippen molar-refractivity contribution in [3.05, 3.63) is 34.2 Å². The predicted octanol–water partition coefficient (Wildman–Crippen LogP) is 1.24. The van der Waals surface area contributed by atoms with Gasteiger partial charge in [-0.3, -0.25) is 9.78 Å². The van der Waals surface area contributed by atoms with Gasteiger partial charge in [-0.15, -0.1) is 0 Å². The van der Waals surface area contributed by atoms with Gasteiger partial charge in [-0.25, -0.2) is 4.98 Å². The molecule has 1 heterocycles. The Morgan fingerprint density at radius 1 is 1.58 bits per heavy atom. The highest BCUT2D eigenvalue weighted by atomic mass is 16.1. The minimum Gasteiger partial charge on any atom is -0.285 e. The molecule has 0 aliphatic carbocycles. The van der Waals surface area contributed by atoms with Gasteiger partial charge >= 0.3 is 0 Å². The van der Waals surface area contributed by atoms with E-state index in [-0.39, 0.29) is 5.69 Å². The van der Waals surface area contributed by atoms with E-state index in [4.69, 9.17) is 5.53 Å². The summed E-state index contributed by atoms with van der Waals surface area (Å²) in [6, 6.07) is 0. The van der Waals surface area contributed by atoms with Crippen LogP contribution in [0.4, 0.5) is 0 Å².